The molecular weight excluding hydrogens is 514 g/mol. The van der Waals surface area contributed by atoms with Crippen molar-refractivity contribution < 1.29 is 13.5 Å². The van der Waals surface area contributed by atoms with Crippen LogP contribution < -0.4 is 4.74 Å². The molecule has 0 amide bonds. The van der Waals surface area contributed by atoms with Crippen LogP contribution in [0.1, 0.15) is 0 Å². The molecule has 0 radical (unpaired) electrons. The fourth-order valence-corrected chi connectivity index (χ4v) is 6.52. The number of hydrogen-bond donors (Lipinski definition) is 0. The van der Waals surface area contributed by atoms with Gasteiger partial charge in [0.15, 0.2) is 11.5 Å². The van der Waals surface area contributed by atoms with E-state index in [-0.39, 0.29) is 11.6 Å². The molecule has 0 fully saturated rings. The lowest BCUT2D eigenvalue weighted by atomic mass is 10.0. The first-order valence-electron chi connectivity index (χ1n) is 13.5. The largest absolute Gasteiger partial charge is 0.453 e. The molecule has 0 bridgehead atoms. The van der Waals surface area contributed by atoms with Crippen molar-refractivity contribution in [2.24, 2.45) is 0 Å². The SMILES string of the molecule is Fc1ccc2c(c1)c1cc(F)ccc1n2-c1ccc(-c2cccc3c4cccc5c4n(c23)-c2ccccc2O5)cc1. The zero-order chi connectivity index (χ0) is 27.2. The summed E-state index contributed by atoms with van der Waals surface area (Å²) in [5, 5.41) is 3.68. The Morgan fingerprint density at radius 3 is 1.85 bits per heavy atom. The van der Waals surface area contributed by atoms with Crippen LogP contribution in [-0.2, 0) is 0 Å². The molecule has 194 valence electrons. The minimum Gasteiger partial charge on any atom is -0.453 e. The van der Waals surface area contributed by atoms with Gasteiger partial charge in [-0.25, -0.2) is 8.78 Å². The van der Waals surface area contributed by atoms with Gasteiger partial charge in [-0.1, -0.05) is 54.6 Å². The van der Waals surface area contributed by atoms with Crippen molar-refractivity contribution in [3.05, 3.63) is 133 Å². The van der Waals surface area contributed by atoms with Gasteiger partial charge in [-0.2, -0.15) is 0 Å². The standard InChI is InChI=1S/C36H20F2N2O/c37-22-13-17-30-28(19-22)29-20-23(38)14-18-31(29)39(30)24-15-11-21(12-16-24)25-5-3-6-26-27-7-4-10-34-36(27)40(35(25)26)32-8-1-2-9-33(32)41-34/h1-20H. The lowest BCUT2D eigenvalue weighted by Crippen LogP contribution is -2.04. The molecular formula is C36H20F2N2O. The van der Waals surface area contributed by atoms with Crippen LogP contribution in [0.2, 0.25) is 0 Å². The second kappa shape index (κ2) is 8.05. The highest BCUT2D eigenvalue weighted by molar-refractivity contribution is 6.16. The second-order valence-electron chi connectivity index (χ2n) is 10.5. The molecule has 3 heterocycles. The summed E-state index contributed by atoms with van der Waals surface area (Å²) in [5.41, 5.74) is 7.96. The number of benzene rings is 6. The van der Waals surface area contributed by atoms with Crippen molar-refractivity contribution >= 4 is 43.6 Å². The second-order valence-corrected chi connectivity index (χ2v) is 10.5. The number of hydrogen-bond acceptors (Lipinski definition) is 1. The molecule has 0 spiro atoms. The van der Waals surface area contributed by atoms with E-state index in [1.165, 1.54) is 24.3 Å². The van der Waals surface area contributed by atoms with Crippen LogP contribution in [-0.4, -0.2) is 9.13 Å². The van der Waals surface area contributed by atoms with E-state index >= 15 is 0 Å². The summed E-state index contributed by atoms with van der Waals surface area (Å²) in [6.45, 7) is 0. The summed E-state index contributed by atoms with van der Waals surface area (Å²) in [7, 11) is 0. The molecule has 9 rings (SSSR count). The van der Waals surface area contributed by atoms with Crippen molar-refractivity contribution in [3.8, 4) is 34.0 Å². The molecule has 41 heavy (non-hydrogen) atoms. The summed E-state index contributed by atoms with van der Waals surface area (Å²) in [6.07, 6.45) is 0. The highest BCUT2D eigenvalue weighted by Gasteiger charge is 2.25. The van der Waals surface area contributed by atoms with Gasteiger partial charge in [0.1, 0.15) is 11.6 Å². The minimum atomic E-state index is -0.345. The average Bonchev–Trinajstić information content (AvgIpc) is 3.51. The number of rotatable bonds is 2. The zero-order valence-corrected chi connectivity index (χ0v) is 21.6. The van der Waals surface area contributed by atoms with E-state index in [1.807, 2.05) is 30.3 Å². The first-order chi connectivity index (χ1) is 20.2. The Bertz CT molecular complexity index is 2300. The number of fused-ring (bicyclic) bond motifs is 8. The highest BCUT2D eigenvalue weighted by Crippen LogP contribution is 2.47. The van der Waals surface area contributed by atoms with E-state index in [1.54, 1.807) is 12.1 Å². The number of ether oxygens (including phenoxy) is 1. The molecule has 0 unspecified atom stereocenters. The van der Waals surface area contributed by atoms with Gasteiger partial charge in [0.2, 0.25) is 0 Å². The monoisotopic (exact) mass is 534 g/mol. The van der Waals surface area contributed by atoms with Gasteiger partial charge in [-0.3, -0.25) is 0 Å². The quantitative estimate of drug-likeness (QED) is 0.216. The van der Waals surface area contributed by atoms with Crippen LogP contribution in [0.3, 0.4) is 0 Å². The van der Waals surface area contributed by atoms with E-state index in [0.717, 1.165) is 66.8 Å². The molecule has 3 nitrogen and oxygen atoms in total. The summed E-state index contributed by atoms with van der Waals surface area (Å²) in [6, 6.07) is 38.5. The fourth-order valence-electron chi connectivity index (χ4n) is 6.52. The summed E-state index contributed by atoms with van der Waals surface area (Å²) >= 11 is 0. The van der Waals surface area contributed by atoms with Crippen LogP contribution in [0.5, 0.6) is 11.5 Å². The maximum atomic E-state index is 14.2. The molecule has 1 aliphatic heterocycles. The third kappa shape index (κ3) is 3.06. The van der Waals surface area contributed by atoms with Gasteiger partial charge in [0, 0.05) is 32.8 Å². The summed E-state index contributed by atoms with van der Waals surface area (Å²) in [4.78, 5) is 0. The van der Waals surface area contributed by atoms with Gasteiger partial charge in [0.05, 0.1) is 27.8 Å². The Kier molecular flexibility index (Phi) is 4.40. The molecule has 0 saturated carbocycles. The number of nitrogens with zero attached hydrogens (tertiary/aromatic N) is 2. The lowest BCUT2D eigenvalue weighted by molar-refractivity contribution is 0.476. The van der Waals surface area contributed by atoms with Crippen molar-refractivity contribution in [2.75, 3.05) is 0 Å². The van der Waals surface area contributed by atoms with Crippen molar-refractivity contribution in [1.82, 2.24) is 9.13 Å². The zero-order valence-electron chi connectivity index (χ0n) is 21.6. The van der Waals surface area contributed by atoms with E-state index < -0.39 is 0 Å². The van der Waals surface area contributed by atoms with Crippen LogP contribution in [0.15, 0.2) is 121 Å². The first-order valence-corrected chi connectivity index (χ1v) is 13.5. The Morgan fingerprint density at radius 1 is 0.488 bits per heavy atom. The molecule has 0 N–H and O–H groups in total. The van der Waals surface area contributed by atoms with Crippen LogP contribution in [0, 0.1) is 11.6 Å². The Labute approximate surface area is 233 Å². The molecule has 1 aliphatic rings. The normalized spacial score (nSPS) is 12.3. The fraction of sp³-hybridized carbons (Fsp3) is 0. The van der Waals surface area contributed by atoms with Gasteiger partial charge < -0.3 is 13.9 Å². The van der Waals surface area contributed by atoms with Crippen molar-refractivity contribution in [3.63, 3.8) is 0 Å². The Hall–Kier alpha value is -5.42. The van der Waals surface area contributed by atoms with Crippen LogP contribution >= 0.6 is 0 Å². The smallest absolute Gasteiger partial charge is 0.152 e. The van der Waals surface area contributed by atoms with Gasteiger partial charge in [-0.05, 0) is 72.3 Å². The van der Waals surface area contributed by atoms with Crippen LogP contribution in [0.25, 0.3) is 66.1 Å². The van der Waals surface area contributed by atoms with Gasteiger partial charge in [0.25, 0.3) is 0 Å². The molecule has 6 aromatic carbocycles. The number of para-hydroxylation sites is 4. The number of aromatic nitrogens is 2. The Morgan fingerprint density at radius 2 is 1.12 bits per heavy atom. The molecule has 5 heteroatoms. The van der Waals surface area contributed by atoms with Crippen molar-refractivity contribution in [1.29, 1.82) is 0 Å². The van der Waals surface area contributed by atoms with E-state index in [9.17, 15) is 8.78 Å². The maximum Gasteiger partial charge on any atom is 0.152 e. The van der Waals surface area contributed by atoms with E-state index in [4.69, 9.17) is 4.74 Å². The van der Waals surface area contributed by atoms with Crippen LogP contribution in [0.4, 0.5) is 8.78 Å². The van der Waals surface area contributed by atoms with Gasteiger partial charge in [-0.15, -0.1) is 0 Å². The summed E-state index contributed by atoms with van der Waals surface area (Å²) < 4.78 is 39.1. The minimum absolute atomic E-state index is 0.345. The third-order valence-electron chi connectivity index (χ3n) is 8.22. The van der Waals surface area contributed by atoms with Gasteiger partial charge >= 0.3 is 0 Å². The molecule has 0 aliphatic carbocycles. The third-order valence-corrected chi connectivity index (χ3v) is 8.22. The van der Waals surface area contributed by atoms with E-state index in [2.05, 4.69) is 63.7 Å². The first kappa shape index (κ1) is 22.4. The molecule has 2 aromatic heterocycles. The molecule has 0 saturated heterocycles. The molecule has 8 aromatic rings. The topological polar surface area (TPSA) is 19.1 Å². The predicted molar refractivity (Wildman–Crippen MR) is 161 cm³/mol. The maximum absolute atomic E-state index is 14.2. The average molecular weight is 535 g/mol. The predicted octanol–water partition coefficient (Wildman–Crippen LogP) is 9.93. The molecule has 0 atom stereocenters. The van der Waals surface area contributed by atoms with Crippen molar-refractivity contribution in [2.45, 2.75) is 0 Å². The highest BCUT2D eigenvalue weighted by atomic mass is 19.1. The number of halogens is 2. The summed E-state index contributed by atoms with van der Waals surface area (Å²) in [5.74, 6) is 0.984. The lowest BCUT2D eigenvalue weighted by Gasteiger charge is -2.21. The van der Waals surface area contributed by atoms with E-state index in [0.29, 0.717) is 10.8 Å². The Balaban J connectivity index is 1.28.